The fourth-order valence-corrected chi connectivity index (χ4v) is 0.887. The van der Waals surface area contributed by atoms with Gasteiger partial charge in [-0.25, -0.2) is 0 Å². The van der Waals surface area contributed by atoms with Crippen LogP contribution in [0, 0.1) is 5.92 Å². The topological polar surface area (TPSA) is 66.8 Å². The number of rotatable bonds is 5. The molecule has 0 aromatic rings. The van der Waals surface area contributed by atoms with Crippen molar-refractivity contribution in [3.63, 3.8) is 0 Å². The van der Waals surface area contributed by atoms with Gasteiger partial charge in [0.15, 0.2) is 0 Å². The van der Waals surface area contributed by atoms with E-state index >= 15 is 0 Å². The van der Waals surface area contributed by atoms with Crippen molar-refractivity contribution in [1.82, 2.24) is 0 Å². The van der Waals surface area contributed by atoms with Crippen LogP contribution in [0.25, 0.3) is 0 Å². The zero-order valence-electron chi connectivity index (χ0n) is 8.36. The Kier molecular flexibility index (Phi) is 5.66. The summed E-state index contributed by atoms with van der Waals surface area (Å²) < 4.78 is 4.64. The number of esters is 1. The van der Waals surface area contributed by atoms with Gasteiger partial charge in [-0.2, -0.15) is 0 Å². The Balaban J connectivity index is 3.95. The Hall–Kier alpha value is -0.610. The Bertz CT molecular complexity index is 158. The van der Waals surface area contributed by atoms with E-state index in [9.17, 15) is 15.0 Å². The van der Waals surface area contributed by atoms with Crippen LogP contribution in [0.1, 0.15) is 33.6 Å². The molecule has 0 saturated carbocycles. The second-order valence-corrected chi connectivity index (χ2v) is 3.07. The Labute approximate surface area is 78.5 Å². The monoisotopic (exact) mass is 190 g/mol. The molecule has 4 nitrogen and oxygen atoms in total. The molecule has 0 radical (unpaired) electrons. The first-order valence-corrected chi connectivity index (χ1v) is 4.58. The number of ether oxygens (including phenoxy) is 1. The van der Waals surface area contributed by atoms with Gasteiger partial charge in [0, 0.05) is 12.3 Å². The van der Waals surface area contributed by atoms with Gasteiger partial charge < -0.3 is 14.9 Å². The predicted octanol–water partition coefficient (Wildman–Crippen LogP) is 0.665. The highest BCUT2D eigenvalue weighted by molar-refractivity contribution is 5.68. The Morgan fingerprint density at radius 1 is 1.38 bits per heavy atom. The number of hydrogen-bond acceptors (Lipinski definition) is 4. The summed E-state index contributed by atoms with van der Waals surface area (Å²) in [6.07, 6.45) is -1.09. The summed E-state index contributed by atoms with van der Waals surface area (Å²) in [5, 5.41) is 18.6. The normalized spacial score (nSPS) is 17.6. The summed E-state index contributed by atoms with van der Waals surface area (Å²) in [5.74, 6) is -0.900. The predicted molar refractivity (Wildman–Crippen MR) is 47.9 cm³/mol. The average molecular weight is 190 g/mol. The van der Waals surface area contributed by atoms with Gasteiger partial charge >= 0.3 is 5.97 Å². The molecule has 4 heteroatoms. The van der Waals surface area contributed by atoms with Crippen LogP contribution < -0.4 is 0 Å². The smallest absolute Gasteiger partial charge is 0.307 e. The van der Waals surface area contributed by atoms with Crippen molar-refractivity contribution < 1.29 is 19.7 Å². The molecule has 0 spiro atoms. The van der Waals surface area contributed by atoms with Crippen molar-refractivity contribution >= 4 is 5.97 Å². The van der Waals surface area contributed by atoms with Crippen LogP contribution in [0.5, 0.6) is 0 Å². The molecule has 0 aliphatic carbocycles. The zero-order chi connectivity index (χ0) is 10.4. The molecule has 0 heterocycles. The van der Waals surface area contributed by atoms with E-state index < -0.39 is 24.3 Å². The van der Waals surface area contributed by atoms with E-state index in [2.05, 4.69) is 4.74 Å². The summed E-state index contributed by atoms with van der Waals surface area (Å²) in [5.41, 5.74) is 0. The van der Waals surface area contributed by atoms with Crippen LogP contribution >= 0.6 is 0 Å². The summed E-state index contributed by atoms with van der Waals surface area (Å²) in [4.78, 5) is 10.8. The van der Waals surface area contributed by atoms with Crippen molar-refractivity contribution in [2.24, 2.45) is 5.92 Å². The lowest BCUT2D eigenvalue weighted by molar-refractivity contribution is -0.182. The number of hydrogen-bond donors (Lipinski definition) is 2. The molecular weight excluding hydrogens is 172 g/mol. The van der Waals surface area contributed by atoms with E-state index in [0.29, 0.717) is 6.42 Å². The quantitative estimate of drug-likeness (QED) is 0.494. The van der Waals surface area contributed by atoms with Crippen LogP contribution in [0.2, 0.25) is 0 Å². The maximum Gasteiger partial charge on any atom is 0.307 e. The van der Waals surface area contributed by atoms with Gasteiger partial charge in [-0.1, -0.05) is 20.8 Å². The van der Waals surface area contributed by atoms with E-state index in [4.69, 9.17) is 0 Å². The first-order chi connectivity index (χ1) is 6.02. The van der Waals surface area contributed by atoms with Gasteiger partial charge in [-0.3, -0.25) is 4.79 Å². The molecule has 3 unspecified atom stereocenters. The molecule has 0 fully saturated rings. The lowest BCUT2D eigenvalue weighted by Gasteiger charge is -2.22. The van der Waals surface area contributed by atoms with Crippen molar-refractivity contribution in [3.8, 4) is 0 Å². The standard InChI is InChI=1S/C9H18O4/c1-4-7(10)6(3)9(12)13-8(11)5-2/h6-7,9-10,12H,4-5H2,1-3H3. The summed E-state index contributed by atoms with van der Waals surface area (Å²) in [6.45, 7) is 5.09. The zero-order valence-corrected chi connectivity index (χ0v) is 8.36. The first kappa shape index (κ1) is 12.4. The second kappa shape index (κ2) is 5.94. The minimum absolute atomic E-state index is 0.228. The van der Waals surface area contributed by atoms with E-state index in [1.807, 2.05) is 0 Å². The largest absolute Gasteiger partial charge is 0.436 e. The maximum absolute atomic E-state index is 10.8. The number of aliphatic hydroxyl groups excluding tert-OH is 2. The molecule has 0 amide bonds. The van der Waals surface area contributed by atoms with Crippen LogP contribution in [-0.2, 0) is 9.53 Å². The Morgan fingerprint density at radius 2 is 1.92 bits per heavy atom. The van der Waals surface area contributed by atoms with E-state index in [0.717, 1.165) is 0 Å². The third-order valence-electron chi connectivity index (χ3n) is 2.02. The minimum Gasteiger partial charge on any atom is -0.436 e. The highest BCUT2D eigenvalue weighted by atomic mass is 16.6. The summed E-state index contributed by atoms with van der Waals surface area (Å²) >= 11 is 0. The molecule has 0 aromatic heterocycles. The van der Waals surface area contributed by atoms with Crippen molar-refractivity contribution in [2.45, 2.75) is 46.0 Å². The lowest BCUT2D eigenvalue weighted by Crippen LogP contribution is -2.32. The summed E-state index contributed by atoms with van der Waals surface area (Å²) in [7, 11) is 0. The van der Waals surface area contributed by atoms with Crippen LogP contribution in [-0.4, -0.2) is 28.6 Å². The highest BCUT2D eigenvalue weighted by Crippen LogP contribution is 2.13. The van der Waals surface area contributed by atoms with Gasteiger partial charge in [-0.15, -0.1) is 0 Å². The van der Waals surface area contributed by atoms with Crippen LogP contribution in [0.4, 0.5) is 0 Å². The number of carbonyl (C=O) groups excluding carboxylic acids is 1. The molecule has 3 atom stereocenters. The number of aliphatic hydroxyl groups is 2. The van der Waals surface area contributed by atoms with Crippen LogP contribution in [0.15, 0.2) is 0 Å². The van der Waals surface area contributed by atoms with Gasteiger partial charge in [0.1, 0.15) is 0 Å². The molecule has 2 N–H and O–H groups in total. The molecular formula is C9H18O4. The molecule has 0 aliphatic heterocycles. The van der Waals surface area contributed by atoms with Gasteiger partial charge in [-0.05, 0) is 6.42 Å². The highest BCUT2D eigenvalue weighted by Gasteiger charge is 2.23. The van der Waals surface area contributed by atoms with Gasteiger partial charge in [0.05, 0.1) is 6.10 Å². The van der Waals surface area contributed by atoms with Gasteiger partial charge in [0.2, 0.25) is 6.29 Å². The van der Waals surface area contributed by atoms with Crippen molar-refractivity contribution in [2.75, 3.05) is 0 Å². The molecule has 0 bridgehead atoms. The third-order valence-corrected chi connectivity index (χ3v) is 2.02. The average Bonchev–Trinajstić information content (AvgIpc) is 2.14. The first-order valence-electron chi connectivity index (χ1n) is 4.58. The molecule has 0 saturated heterocycles. The molecule has 13 heavy (non-hydrogen) atoms. The van der Waals surface area contributed by atoms with Crippen molar-refractivity contribution in [3.05, 3.63) is 0 Å². The maximum atomic E-state index is 10.8. The van der Waals surface area contributed by atoms with E-state index in [1.54, 1.807) is 20.8 Å². The molecule has 78 valence electrons. The molecule has 0 aromatic carbocycles. The SMILES string of the molecule is CCC(=O)OC(O)C(C)C(O)CC. The van der Waals surface area contributed by atoms with E-state index in [1.165, 1.54) is 0 Å². The van der Waals surface area contributed by atoms with Crippen LogP contribution in [0.3, 0.4) is 0 Å². The Morgan fingerprint density at radius 3 is 2.31 bits per heavy atom. The van der Waals surface area contributed by atoms with Gasteiger partial charge in [0.25, 0.3) is 0 Å². The van der Waals surface area contributed by atoms with E-state index in [-0.39, 0.29) is 6.42 Å². The summed E-state index contributed by atoms with van der Waals surface area (Å²) in [6, 6.07) is 0. The molecule has 0 rings (SSSR count). The van der Waals surface area contributed by atoms with Crippen molar-refractivity contribution in [1.29, 1.82) is 0 Å². The lowest BCUT2D eigenvalue weighted by atomic mass is 10.0. The third kappa shape index (κ3) is 4.24. The molecule has 0 aliphatic rings. The number of carbonyl (C=O) groups is 1. The fourth-order valence-electron chi connectivity index (χ4n) is 0.887. The fraction of sp³-hybridized carbons (Fsp3) is 0.889. The second-order valence-electron chi connectivity index (χ2n) is 3.07. The minimum atomic E-state index is -1.21.